The van der Waals surface area contributed by atoms with Gasteiger partial charge in [-0.3, -0.25) is 9.59 Å². The number of nitrogens with zero attached hydrogens (tertiary/aromatic N) is 1. The van der Waals surface area contributed by atoms with Crippen molar-refractivity contribution in [3.8, 4) is 0 Å². The highest BCUT2D eigenvalue weighted by molar-refractivity contribution is 5.71. The normalized spacial score (nSPS) is 13.3. The number of aliphatic carboxylic acids is 1. The van der Waals surface area contributed by atoms with E-state index in [9.17, 15) is 19.5 Å². The molecule has 2 unspecified atom stereocenters. The Morgan fingerprint density at radius 1 is 0.403 bits per heavy atom. The van der Waals surface area contributed by atoms with Crippen LogP contribution in [0, 0.1) is 0 Å². The third-order valence-electron chi connectivity index (χ3n) is 13.6. The maximum atomic E-state index is 12.9. The van der Waals surface area contributed by atoms with Crippen LogP contribution < -0.4 is 0 Å². The molecule has 9 heteroatoms. The summed E-state index contributed by atoms with van der Waals surface area (Å²) in [5.41, 5.74) is 0. The number of quaternary nitrogens is 1. The summed E-state index contributed by atoms with van der Waals surface area (Å²) in [6, 6.07) is 0. The number of hydrogen-bond acceptors (Lipinski definition) is 7. The lowest BCUT2D eigenvalue weighted by atomic mass is 10.0. The van der Waals surface area contributed by atoms with Gasteiger partial charge in [-0.1, -0.05) is 253 Å². The fourth-order valence-corrected chi connectivity index (χ4v) is 8.78. The molecule has 77 heavy (non-hydrogen) atoms. The average Bonchev–Trinajstić information content (AvgIpc) is 3.40. The Morgan fingerprint density at radius 3 is 1.10 bits per heavy atom. The molecule has 0 aliphatic rings. The zero-order chi connectivity index (χ0) is 56.2. The highest BCUT2D eigenvalue weighted by Crippen LogP contribution is 2.16. The van der Waals surface area contributed by atoms with Crippen LogP contribution >= 0.6 is 0 Å². The van der Waals surface area contributed by atoms with Crippen molar-refractivity contribution < 1.29 is 42.9 Å². The monoisotopic (exact) mass is 1080 g/mol. The quantitative estimate of drug-likeness (QED) is 0.0211. The molecule has 9 nitrogen and oxygen atoms in total. The second kappa shape index (κ2) is 58.6. The molecule has 0 rings (SSSR count). The summed E-state index contributed by atoms with van der Waals surface area (Å²) in [6.45, 7) is 4.77. The van der Waals surface area contributed by atoms with Crippen LogP contribution in [0.25, 0.3) is 0 Å². The number of carboxylic acid groups (broad SMARTS) is 1. The molecule has 0 saturated heterocycles. The zero-order valence-corrected chi connectivity index (χ0v) is 50.6. The summed E-state index contributed by atoms with van der Waals surface area (Å²) < 4.78 is 22.9. The Hall–Kier alpha value is -3.53. The number of allylic oxidation sites excluding steroid dienone is 14. The van der Waals surface area contributed by atoms with E-state index in [0.29, 0.717) is 17.4 Å². The van der Waals surface area contributed by atoms with Gasteiger partial charge in [-0.25, -0.2) is 4.79 Å². The van der Waals surface area contributed by atoms with E-state index in [4.69, 9.17) is 18.9 Å². The van der Waals surface area contributed by atoms with Gasteiger partial charge >= 0.3 is 17.9 Å². The van der Waals surface area contributed by atoms with Crippen LogP contribution in [0.1, 0.15) is 271 Å². The maximum absolute atomic E-state index is 12.9. The predicted octanol–water partition coefficient (Wildman–Crippen LogP) is 19.1. The summed E-state index contributed by atoms with van der Waals surface area (Å²) in [5, 5.41) is 9.73. The molecule has 0 radical (unpaired) electrons. The second-order valence-corrected chi connectivity index (χ2v) is 22.3. The Kier molecular flexibility index (Phi) is 55.9. The highest BCUT2D eigenvalue weighted by atomic mass is 16.7. The molecule has 0 aliphatic heterocycles. The molecule has 2 atom stereocenters. The number of carboxylic acids is 1. The van der Waals surface area contributed by atoms with E-state index in [0.717, 1.165) is 77.0 Å². The molecule has 0 spiro atoms. The van der Waals surface area contributed by atoms with Gasteiger partial charge in [-0.2, -0.15) is 0 Å². The van der Waals surface area contributed by atoms with Crippen molar-refractivity contribution in [1.29, 1.82) is 0 Å². The van der Waals surface area contributed by atoms with E-state index >= 15 is 0 Å². The number of esters is 2. The SMILES string of the molecule is CC/C=C\C/C=C\C/C=C\C/C=C\CCCCCCCCCCCCCCCCC(=O)OC(COC(=O)CCCCCCCCCCCC/C=C\C/C=C\C/C=C\CCCCCCC)COC(OCC[N+](C)(C)C)C(=O)O. The number of unbranched alkanes of at least 4 members (excludes halogenated alkanes) is 29. The zero-order valence-electron chi connectivity index (χ0n) is 50.6. The minimum Gasteiger partial charge on any atom is -0.477 e. The standard InChI is InChI=1S/C68H119NO8/c1-6-8-10-12-14-16-18-20-22-24-26-28-30-32-33-35-37-39-41-43-45-47-49-51-53-55-57-59-66(71)77-64(63-76-68(67(72)73)74-61-60-69(3,4)5)62-75-65(70)58-56-54-52-50-48-46-44-42-40-38-36-34-31-29-27-25-23-21-19-17-15-13-11-9-7-2/h8,10,14,16,19-22,25-28,31,34,64,68H,6-7,9,11-13,15,17-18,23-24,29-30,32-33,35-63H2,1-5H3/p+1/b10-8-,16-14-,21-19-,22-20-,27-25-,28-26-,34-31-. The van der Waals surface area contributed by atoms with Gasteiger partial charge in [-0.05, 0) is 89.9 Å². The Labute approximate surface area is 474 Å². The fourth-order valence-electron chi connectivity index (χ4n) is 8.78. The van der Waals surface area contributed by atoms with E-state index in [1.807, 2.05) is 21.1 Å². The highest BCUT2D eigenvalue weighted by Gasteiger charge is 2.25. The van der Waals surface area contributed by atoms with Gasteiger partial charge in [0, 0.05) is 12.8 Å². The summed E-state index contributed by atoms with van der Waals surface area (Å²) in [4.78, 5) is 37.5. The smallest absolute Gasteiger partial charge is 0.361 e. The molecule has 444 valence electrons. The molecule has 0 amide bonds. The van der Waals surface area contributed by atoms with Crippen LogP contribution in [0.5, 0.6) is 0 Å². The predicted molar refractivity (Wildman–Crippen MR) is 327 cm³/mol. The Balaban J connectivity index is 4.20. The van der Waals surface area contributed by atoms with Crippen molar-refractivity contribution in [2.24, 2.45) is 0 Å². The van der Waals surface area contributed by atoms with Crippen molar-refractivity contribution in [3.05, 3.63) is 85.1 Å². The molecular weight excluding hydrogens is 959 g/mol. The lowest BCUT2D eigenvalue weighted by Crippen LogP contribution is -2.40. The molecule has 0 fully saturated rings. The molecule has 1 N–H and O–H groups in total. The molecule has 0 heterocycles. The van der Waals surface area contributed by atoms with Gasteiger partial charge in [0.05, 0.1) is 34.4 Å². The molecular formula is C68H120NO8+. The van der Waals surface area contributed by atoms with Crippen molar-refractivity contribution in [3.63, 3.8) is 0 Å². The summed E-state index contributed by atoms with van der Waals surface area (Å²) in [5.74, 6) is -2.01. The Bertz CT molecular complexity index is 1540. The summed E-state index contributed by atoms with van der Waals surface area (Å²) >= 11 is 0. The van der Waals surface area contributed by atoms with E-state index in [1.165, 1.54) is 167 Å². The van der Waals surface area contributed by atoms with E-state index in [2.05, 4.69) is 98.9 Å². The number of hydrogen-bond donors (Lipinski definition) is 1. The molecule has 0 aromatic rings. The fraction of sp³-hybridized carbons (Fsp3) is 0.750. The summed E-state index contributed by atoms with van der Waals surface area (Å²) in [7, 11) is 5.97. The third-order valence-corrected chi connectivity index (χ3v) is 13.6. The van der Waals surface area contributed by atoms with Crippen LogP contribution in [0.15, 0.2) is 85.1 Å². The van der Waals surface area contributed by atoms with Crippen LogP contribution in [-0.4, -0.2) is 87.4 Å². The lowest BCUT2D eigenvalue weighted by molar-refractivity contribution is -0.870. The van der Waals surface area contributed by atoms with Gasteiger partial charge in [-0.15, -0.1) is 0 Å². The maximum Gasteiger partial charge on any atom is 0.361 e. The minimum absolute atomic E-state index is 0.184. The first-order chi connectivity index (χ1) is 37.6. The van der Waals surface area contributed by atoms with Gasteiger partial charge in [0.15, 0.2) is 6.10 Å². The molecule has 0 bridgehead atoms. The van der Waals surface area contributed by atoms with Crippen LogP contribution in [0.2, 0.25) is 0 Å². The van der Waals surface area contributed by atoms with Crippen molar-refractivity contribution in [2.75, 3.05) is 47.5 Å². The van der Waals surface area contributed by atoms with Crippen LogP contribution in [0.4, 0.5) is 0 Å². The van der Waals surface area contributed by atoms with E-state index < -0.39 is 24.3 Å². The lowest BCUT2D eigenvalue weighted by Gasteiger charge is -2.25. The largest absolute Gasteiger partial charge is 0.477 e. The van der Waals surface area contributed by atoms with Gasteiger partial charge in [0.1, 0.15) is 13.2 Å². The van der Waals surface area contributed by atoms with Gasteiger partial charge < -0.3 is 28.5 Å². The van der Waals surface area contributed by atoms with Crippen molar-refractivity contribution in [1.82, 2.24) is 0 Å². The van der Waals surface area contributed by atoms with Crippen molar-refractivity contribution >= 4 is 17.9 Å². The van der Waals surface area contributed by atoms with Gasteiger partial charge in [0.25, 0.3) is 6.29 Å². The second-order valence-electron chi connectivity index (χ2n) is 22.3. The van der Waals surface area contributed by atoms with Crippen LogP contribution in [0.3, 0.4) is 0 Å². The first-order valence-electron chi connectivity index (χ1n) is 31.8. The van der Waals surface area contributed by atoms with E-state index in [1.54, 1.807) is 0 Å². The average molecular weight is 1080 g/mol. The van der Waals surface area contributed by atoms with Gasteiger partial charge in [0.2, 0.25) is 0 Å². The molecule has 0 aliphatic carbocycles. The molecule has 0 aromatic carbocycles. The molecule has 0 saturated carbocycles. The van der Waals surface area contributed by atoms with Crippen LogP contribution in [-0.2, 0) is 33.3 Å². The third kappa shape index (κ3) is 60.0. The number of carbonyl (C=O) groups excluding carboxylic acids is 2. The first kappa shape index (κ1) is 73.5. The molecule has 0 aromatic heterocycles. The number of rotatable bonds is 58. The first-order valence-corrected chi connectivity index (χ1v) is 31.8. The number of carbonyl (C=O) groups is 3. The van der Waals surface area contributed by atoms with E-state index in [-0.39, 0.29) is 32.2 Å². The minimum atomic E-state index is -1.51. The van der Waals surface area contributed by atoms with Crippen molar-refractivity contribution in [2.45, 2.75) is 283 Å². The number of ether oxygens (including phenoxy) is 4. The summed E-state index contributed by atoms with van der Waals surface area (Å²) in [6.07, 6.45) is 75.2. The Morgan fingerprint density at radius 2 is 0.740 bits per heavy atom. The topological polar surface area (TPSA) is 108 Å². The number of likely N-dealkylation sites (N-methyl/N-ethyl adjacent to an activating group) is 1.